The molecule has 0 bridgehead atoms. The molecule has 0 fully saturated rings. The number of sulfone groups is 2. The van der Waals surface area contributed by atoms with Crippen LogP contribution in [-0.4, -0.2) is 28.3 Å². The highest BCUT2D eigenvalue weighted by molar-refractivity contribution is 9.11. The number of aryl methyl sites for hydroxylation is 2. The Morgan fingerprint density at radius 2 is 1.00 bits per heavy atom. The first kappa shape index (κ1) is 40.1. The van der Waals surface area contributed by atoms with Crippen molar-refractivity contribution < 1.29 is 16.8 Å². The lowest BCUT2D eigenvalue weighted by atomic mass is 10.1. The highest BCUT2D eigenvalue weighted by Gasteiger charge is 2.24. The molecule has 12 heteroatoms. The summed E-state index contributed by atoms with van der Waals surface area (Å²) in [6.45, 7) is 8.41. The zero-order valence-corrected chi connectivity index (χ0v) is 35.3. The fourth-order valence-corrected chi connectivity index (χ4v) is 14.4. The Bertz CT molecular complexity index is 1580. The van der Waals surface area contributed by atoms with Gasteiger partial charge in [0, 0.05) is 19.5 Å². The number of hydrogen-bond donors (Lipinski definition) is 0. The fraction of sp³-hybridized carbons (Fsp3) is 0.529. The number of rotatable bonds is 18. The van der Waals surface area contributed by atoms with E-state index in [4.69, 9.17) is 0 Å². The maximum Gasteiger partial charge on any atom is 0.179 e. The average Bonchev–Trinajstić information content (AvgIpc) is 3.80. The molecule has 0 aliphatic carbocycles. The molecule has 0 radical (unpaired) electrons. The molecule has 0 saturated heterocycles. The summed E-state index contributed by atoms with van der Waals surface area (Å²) in [7, 11) is -6.41. The van der Waals surface area contributed by atoms with Crippen LogP contribution in [0.2, 0.25) is 0 Å². The third-order valence-corrected chi connectivity index (χ3v) is 17.0. The van der Waals surface area contributed by atoms with Crippen molar-refractivity contribution in [2.45, 2.75) is 115 Å². The molecule has 4 aromatic heterocycles. The topological polar surface area (TPSA) is 68.3 Å². The summed E-state index contributed by atoms with van der Waals surface area (Å²) in [6, 6.07) is 11.6. The highest BCUT2D eigenvalue weighted by atomic mass is 79.9. The van der Waals surface area contributed by atoms with E-state index in [2.05, 4.69) is 58.7 Å². The fourth-order valence-electron chi connectivity index (χ4n) is 5.00. The minimum Gasteiger partial charge on any atom is -0.224 e. The summed E-state index contributed by atoms with van der Waals surface area (Å²) in [4.78, 5) is 7.12. The van der Waals surface area contributed by atoms with Crippen molar-refractivity contribution in [1.82, 2.24) is 0 Å². The van der Waals surface area contributed by atoms with E-state index in [1.165, 1.54) is 54.7 Å². The zero-order chi connectivity index (χ0) is 33.7. The molecule has 0 spiro atoms. The van der Waals surface area contributed by atoms with Crippen molar-refractivity contribution in [3.63, 3.8) is 0 Å². The standard InChI is InChI=1S/C18H26O2S3.C16H20Br2O2S3/c1-4-5-6-7-8-9-12-23(19,20)17-13-15(3)22-18(17)16-11-10-14(2)21-16;1-2-3-4-5-6-7-10-23(19,20)13-11-15(18)22-16(13)12-8-9-14(17)21-12/h10-11,13H,4-9,12H2,1-3H3;8-9,11H,2-7,10H2,1H3. The van der Waals surface area contributed by atoms with Crippen LogP contribution in [-0.2, 0) is 19.7 Å². The van der Waals surface area contributed by atoms with Gasteiger partial charge in [-0.2, -0.15) is 0 Å². The predicted octanol–water partition coefficient (Wildman–Crippen LogP) is 13.4. The Labute approximate surface area is 310 Å². The minimum atomic E-state index is -3.23. The Balaban J connectivity index is 0.000000250. The summed E-state index contributed by atoms with van der Waals surface area (Å²) < 4.78 is 52.8. The minimum absolute atomic E-state index is 0.238. The van der Waals surface area contributed by atoms with Gasteiger partial charge in [0.2, 0.25) is 0 Å². The van der Waals surface area contributed by atoms with Crippen LogP contribution in [0, 0.1) is 13.8 Å². The van der Waals surface area contributed by atoms with E-state index in [0.29, 0.717) is 9.79 Å². The maximum atomic E-state index is 12.7. The Morgan fingerprint density at radius 3 is 1.50 bits per heavy atom. The van der Waals surface area contributed by atoms with Gasteiger partial charge in [-0.15, -0.1) is 45.3 Å². The van der Waals surface area contributed by atoms with Crippen molar-refractivity contribution in [2.75, 3.05) is 11.5 Å². The largest absolute Gasteiger partial charge is 0.224 e. The highest BCUT2D eigenvalue weighted by Crippen LogP contribution is 2.43. The van der Waals surface area contributed by atoms with E-state index >= 15 is 0 Å². The summed E-state index contributed by atoms with van der Waals surface area (Å²) >= 11 is 13.2. The molecule has 0 aromatic carbocycles. The van der Waals surface area contributed by atoms with E-state index in [-0.39, 0.29) is 11.5 Å². The van der Waals surface area contributed by atoms with Gasteiger partial charge in [0.05, 0.1) is 38.6 Å². The third-order valence-electron chi connectivity index (χ3n) is 7.45. The van der Waals surface area contributed by atoms with Crippen LogP contribution in [0.1, 0.15) is 101 Å². The van der Waals surface area contributed by atoms with Crippen LogP contribution in [0.25, 0.3) is 19.5 Å². The molecule has 4 rings (SSSR count). The van der Waals surface area contributed by atoms with Gasteiger partial charge in [-0.1, -0.05) is 78.1 Å². The monoisotopic (exact) mass is 868 g/mol. The quantitative estimate of drug-likeness (QED) is 0.0934. The van der Waals surface area contributed by atoms with E-state index in [9.17, 15) is 16.8 Å². The van der Waals surface area contributed by atoms with E-state index in [0.717, 1.165) is 70.5 Å². The smallest absolute Gasteiger partial charge is 0.179 e. The number of halogens is 2. The molecule has 0 atom stereocenters. The molecule has 4 nitrogen and oxygen atoms in total. The van der Waals surface area contributed by atoms with E-state index < -0.39 is 19.7 Å². The predicted molar refractivity (Wildman–Crippen MR) is 211 cm³/mol. The molecule has 0 unspecified atom stereocenters. The van der Waals surface area contributed by atoms with E-state index in [1.807, 2.05) is 31.2 Å². The van der Waals surface area contributed by atoms with Gasteiger partial charge in [-0.05, 0) is 94.9 Å². The Kier molecular flexibility index (Phi) is 17.2. The SMILES string of the molecule is CCCCCCCCS(=O)(=O)c1cc(Br)sc1-c1ccc(Br)s1.CCCCCCCCS(=O)(=O)c1cc(C)sc1-c1ccc(C)s1. The Hall–Kier alpha value is -0.340. The molecule has 0 saturated carbocycles. The summed E-state index contributed by atoms with van der Waals surface area (Å²) in [6.07, 6.45) is 13.1. The lowest BCUT2D eigenvalue weighted by Crippen LogP contribution is -2.06. The second-order valence-electron chi connectivity index (χ2n) is 11.5. The molecule has 46 heavy (non-hydrogen) atoms. The van der Waals surface area contributed by atoms with Crippen LogP contribution in [0.3, 0.4) is 0 Å². The van der Waals surface area contributed by atoms with Crippen LogP contribution < -0.4 is 0 Å². The second kappa shape index (κ2) is 19.7. The van der Waals surface area contributed by atoms with Crippen LogP contribution in [0.15, 0.2) is 53.8 Å². The van der Waals surface area contributed by atoms with Crippen LogP contribution in [0.4, 0.5) is 0 Å². The van der Waals surface area contributed by atoms with Gasteiger partial charge in [0.15, 0.2) is 19.7 Å². The molecular formula is C34H46Br2O4S6. The second-order valence-corrected chi connectivity index (χ2v) is 23.1. The lowest BCUT2D eigenvalue weighted by Gasteiger charge is -2.05. The summed E-state index contributed by atoms with van der Waals surface area (Å²) in [5, 5.41) is 0. The lowest BCUT2D eigenvalue weighted by molar-refractivity contribution is 0.583. The van der Waals surface area contributed by atoms with E-state index in [1.54, 1.807) is 40.1 Å². The summed E-state index contributed by atoms with van der Waals surface area (Å²) in [5.74, 6) is 0.508. The molecule has 0 N–H and O–H groups in total. The van der Waals surface area contributed by atoms with Gasteiger partial charge < -0.3 is 0 Å². The number of unbranched alkanes of at least 4 members (excludes halogenated alkanes) is 10. The molecule has 256 valence electrons. The Morgan fingerprint density at radius 1 is 0.522 bits per heavy atom. The van der Waals surface area contributed by atoms with Crippen molar-refractivity contribution >= 4 is 96.9 Å². The van der Waals surface area contributed by atoms with Crippen molar-refractivity contribution in [3.05, 3.63) is 53.7 Å². The first-order valence-electron chi connectivity index (χ1n) is 16.1. The molecule has 4 heterocycles. The summed E-state index contributed by atoms with van der Waals surface area (Å²) in [5.41, 5.74) is 0. The van der Waals surface area contributed by atoms with Gasteiger partial charge in [-0.25, -0.2) is 16.8 Å². The van der Waals surface area contributed by atoms with Crippen molar-refractivity contribution in [3.8, 4) is 19.5 Å². The normalized spacial score (nSPS) is 12.0. The molecule has 4 aromatic rings. The average molecular weight is 871 g/mol. The van der Waals surface area contributed by atoms with Gasteiger partial charge >= 0.3 is 0 Å². The third kappa shape index (κ3) is 12.5. The molecule has 0 amide bonds. The molecular weight excluding hydrogens is 825 g/mol. The van der Waals surface area contributed by atoms with Crippen molar-refractivity contribution in [2.24, 2.45) is 0 Å². The first-order valence-corrected chi connectivity index (χ1v) is 24.2. The van der Waals surface area contributed by atoms with Gasteiger partial charge in [0.1, 0.15) is 0 Å². The van der Waals surface area contributed by atoms with Crippen LogP contribution in [0.5, 0.6) is 0 Å². The zero-order valence-electron chi connectivity index (χ0n) is 27.2. The number of hydrogen-bond acceptors (Lipinski definition) is 8. The van der Waals surface area contributed by atoms with Crippen molar-refractivity contribution in [1.29, 1.82) is 0 Å². The van der Waals surface area contributed by atoms with Crippen LogP contribution >= 0.6 is 77.2 Å². The first-order chi connectivity index (χ1) is 21.9. The number of thiophene rings is 4. The van der Waals surface area contributed by atoms with Gasteiger partial charge in [-0.3, -0.25) is 0 Å². The maximum absolute atomic E-state index is 12.7. The molecule has 0 aliphatic rings. The molecule has 0 aliphatic heterocycles. The van der Waals surface area contributed by atoms with Gasteiger partial charge in [0.25, 0.3) is 0 Å².